The van der Waals surface area contributed by atoms with Gasteiger partial charge in [-0.05, 0) is 64.4 Å². The van der Waals surface area contributed by atoms with Gasteiger partial charge in [0.05, 0.1) is 36.6 Å². The van der Waals surface area contributed by atoms with Crippen molar-refractivity contribution in [2.24, 2.45) is 0 Å². The Balaban J connectivity index is 1.14. The van der Waals surface area contributed by atoms with Crippen LogP contribution in [0.15, 0.2) is 11.6 Å². The molecule has 0 bridgehead atoms. The predicted octanol–water partition coefficient (Wildman–Crippen LogP) is 7.86. The topological polar surface area (TPSA) is 105 Å². The normalized spacial score (nSPS) is 27.4. The third-order valence-corrected chi connectivity index (χ3v) is 10.1. The van der Waals surface area contributed by atoms with Crippen LogP contribution < -0.4 is 0 Å². The van der Waals surface area contributed by atoms with E-state index in [-0.39, 0.29) is 36.5 Å². The van der Waals surface area contributed by atoms with E-state index >= 15 is 0 Å². The summed E-state index contributed by atoms with van der Waals surface area (Å²) in [7, 11) is 0. The highest BCUT2D eigenvalue weighted by atomic mass is 16.6. The van der Waals surface area contributed by atoms with Gasteiger partial charge < -0.3 is 29.5 Å². The van der Waals surface area contributed by atoms with E-state index in [1.807, 2.05) is 13.0 Å². The van der Waals surface area contributed by atoms with Gasteiger partial charge in [0.15, 0.2) is 0 Å². The molecule has 7 heteroatoms. The molecule has 0 saturated carbocycles. The molecule has 0 unspecified atom stereocenters. The lowest BCUT2D eigenvalue weighted by Crippen LogP contribution is -2.39. The van der Waals surface area contributed by atoms with Gasteiger partial charge >= 0.3 is 5.97 Å². The van der Waals surface area contributed by atoms with Crippen LogP contribution in [-0.2, 0) is 19.0 Å². The zero-order valence-corrected chi connectivity index (χ0v) is 28.1. The maximum atomic E-state index is 11.6. The molecule has 0 spiro atoms. The monoisotopic (exact) mass is 622 g/mol. The Morgan fingerprint density at radius 2 is 1.18 bits per heavy atom. The van der Waals surface area contributed by atoms with Crippen LogP contribution in [0.3, 0.4) is 0 Å². The SMILES string of the molecule is CCCCCCCCC[C@H](O)[C@H](O)[C@@H]1CC[C@H]([C@@H]2CC[C@H]([C@@H](O)CCCCCCCCCCCCC3=C[C@@H](C)OC3=O)O2)O1. The first-order valence-electron chi connectivity index (χ1n) is 18.7. The molecule has 3 rings (SSSR count). The molecule has 0 aromatic rings. The Morgan fingerprint density at radius 3 is 1.75 bits per heavy atom. The lowest BCUT2D eigenvalue weighted by molar-refractivity contribution is -0.139. The number of unbranched alkanes of at least 4 members (excludes halogenated alkanes) is 15. The number of aliphatic hydroxyl groups is 3. The molecule has 7 nitrogen and oxygen atoms in total. The van der Waals surface area contributed by atoms with Crippen LogP contribution in [0.4, 0.5) is 0 Å². The Hall–Kier alpha value is -0.990. The second-order valence-electron chi connectivity index (χ2n) is 14.0. The number of carbonyl (C=O) groups is 1. The third-order valence-electron chi connectivity index (χ3n) is 10.1. The standard InChI is InChI=1S/C37H66O7/c1-3-4-5-6-11-16-19-22-31(39)36(40)35-26-25-34(44-35)33-24-23-32(43-33)30(38)21-18-15-13-10-8-7-9-12-14-17-20-29-27-28(2)42-37(29)41/h27-28,30-36,38-40H,3-26H2,1-2H3/t28-,30+,31+,32-,33+,34-,35+,36+/m1/s1. The van der Waals surface area contributed by atoms with Crippen LogP contribution in [-0.4, -0.2) is 70.1 Å². The first kappa shape index (κ1) is 37.5. The van der Waals surface area contributed by atoms with Gasteiger partial charge in [-0.15, -0.1) is 0 Å². The van der Waals surface area contributed by atoms with Gasteiger partial charge in [-0.25, -0.2) is 4.79 Å². The highest BCUT2D eigenvalue weighted by Crippen LogP contribution is 2.35. The van der Waals surface area contributed by atoms with E-state index in [0.29, 0.717) is 6.42 Å². The molecule has 0 amide bonds. The number of aliphatic hydroxyl groups excluding tert-OH is 3. The van der Waals surface area contributed by atoms with Gasteiger partial charge in [0.25, 0.3) is 0 Å². The highest BCUT2D eigenvalue weighted by molar-refractivity contribution is 5.90. The molecular formula is C37H66O7. The van der Waals surface area contributed by atoms with Crippen molar-refractivity contribution >= 4 is 5.97 Å². The summed E-state index contributed by atoms with van der Waals surface area (Å²) in [4.78, 5) is 11.6. The molecule has 3 aliphatic heterocycles. The summed E-state index contributed by atoms with van der Waals surface area (Å²) in [6.07, 6.45) is 25.4. The van der Waals surface area contributed by atoms with Crippen LogP contribution >= 0.6 is 0 Å². The lowest BCUT2D eigenvalue weighted by Gasteiger charge is -2.26. The van der Waals surface area contributed by atoms with Crippen molar-refractivity contribution in [3.8, 4) is 0 Å². The first-order valence-corrected chi connectivity index (χ1v) is 18.7. The van der Waals surface area contributed by atoms with E-state index in [0.717, 1.165) is 76.2 Å². The van der Waals surface area contributed by atoms with Crippen molar-refractivity contribution in [1.29, 1.82) is 0 Å². The van der Waals surface area contributed by atoms with Gasteiger partial charge in [-0.1, -0.05) is 110 Å². The summed E-state index contributed by atoms with van der Waals surface area (Å²) in [5, 5.41) is 32.0. The molecule has 3 heterocycles. The Morgan fingerprint density at radius 1 is 0.682 bits per heavy atom. The molecular weight excluding hydrogens is 556 g/mol. The maximum absolute atomic E-state index is 11.6. The van der Waals surface area contributed by atoms with E-state index < -0.39 is 18.3 Å². The van der Waals surface area contributed by atoms with Crippen molar-refractivity contribution in [2.75, 3.05) is 0 Å². The summed E-state index contributed by atoms with van der Waals surface area (Å²) in [5.41, 5.74) is 0.861. The first-order chi connectivity index (χ1) is 21.4. The summed E-state index contributed by atoms with van der Waals surface area (Å²) in [5.74, 6) is -0.125. The fourth-order valence-electron chi connectivity index (χ4n) is 7.27. The summed E-state index contributed by atoms with van der Waals surface area (Å²) in [6.45, 7) is 4.14. The average Bonchev–Trinajstić information content (AvgIpc) is 3.77. The van der Waals surface area contributed by atoms with E-state index in [1.165, 1.54) is 77.0 Å². The highest BCUT2D eigenvalue weighted by Gasteiger charge is 2.42. The van der Waals surface area contributed by atoms with Crippen molar-refractivity contribution in [1.82, 2.24) is 0 Å². The van der Waals surface area contributed by atoms with Gasteiger partial charge in [0.2, 0.25) is 0 Å². The van der Waals surface area contributed by atoms with Crippen LogP contribution in [0, 0.1) is 0 Å². The molecule has 3 N–H and O–H groups in total. The van der Waals surface area contributed by atoms with E-state index in [1.54, 1.807) is 0 Å². The zero-order valence-electron chi connectivity index (χ0n) is 28.1. The number of hydrogen-bond acceptors (Lipinski definition) is 7. The molecule has 3 aliphatic rings. The van der Waals surface area contributed by atoms with Gasteiger partial charge in [0.1, 0.15) is 12.2 Å². The fourth-order valence-corrected chi connectivity index (χ4v) is 7.27. The van der Waals surface area contributed by atoms with Crippen molar-refractivity contribution in [3.63, 3.8) is 0 Å². The number of esters is 1. The van der Waals surface area contributed by atoms with Crippen molar-refractivity contribution < 1.29 is 34.3 Å². The van der Waals surface area contributed by atoms with Gasteiger partial charge in [-0.2, -0.15) is 0 Å². The third kappa shape index (κ3) is 13.8. The van der Waals surface area contributed by atoms with Crippen LogP contribution in [0.5, 0.6) is 0 Å². The molecule has 44 heavy (non-hydrogen) atoms. The Kier molecular flexibility index (Phi) is 18.5. The maximum Gasteiger partial charge on any atom is 0.334 e. The minimum absolute atomic E-state index is 0.0212. The van der Waals surface area contributed by atoms with Crippen LogP contribution in [0.1, 0.15) is 168 Å². The minimum Gasteiger partial charge on any atom is -0.455 e. The molecule has 0 aliphatic carbocycles. The molecule has 0 aromatic carbocycles. The molecule has 256 valence electrons. The number of carbonyl (C=O) groups excluding carboxylic acids is 1. The van der Waals surface area contributed by atoms with E-state index in [2.05, 4.69) is 6.92 Å². The molecule has 0 aromatic heterocycles. The smallest absolute Gasteiger partial charge is 0.334 e. The number of cyclic esters (lactones) is 1. The van der Waals surface area contributed by atoms with E-state index in [9.17, 15) is 20.1 Å². The van der Waals surface area contributed by atoms with Gasteiger partial charge in [-0.3, -0.25) is 0 Å². The zero-order chi connectivity index (χ0) is 31.6. The van der Waals surface area contributed by atoms with Crippen molar-refractivity contribution in [2.45, 2.75) is 217 Å². The summed E-state index contributed by atoms with van der Waals surface area (Å²) >= 11 is 0. The number of ether oxygens (including phenoxy) is 3. The van der Waals surface area contributed by atoms with Crippen molar-refractivity contribution in [3.05, 3.63) is 11.6 Å². The predicted molar refractivity (Wildman–Crippen MR) is 175 cm³/mol. The lowest BCUT2D eigenvalue weighted by atomic mass is 9.98. The molecule has 0 radical (unpaired) electrons. The largest absolute Gasteiger partial charge is 0.455 e. The number of hydrogen-bond donors (Lipinski definition) is 3. The summed E-state index contributed by atoms with van der Waals surface area (Å²) < 4.78 is 17.6. The molecule has 2 saturated heterocycles. The van der Waals surface area contributed by atoms with Crippen LogP contribution in [0.25, 0.3) is 0 Å². The second kappa shape index (κ2) is 21.7. The fraction of sp³-hybridized carbons (Fsp3) is 0.919. The molecule has 8 atom stereocenters. The second-order valence-corrected chi connectivity index (χ2v) is 14.0. The minimum atomic E-state index is -0.833. The quantitative estimate of drug-likeness (QED) is 0.0703. The number of rotatable bonds is 25. The Labute approximate surface area is 268 Å². The molecule has 2 fully saturated rings. The van der Waals surface area contributed by atoms with Crippen LogP contribution in [0.2, 0.25) is 0 Å². The average molecular weight is 623 g/mol. The van der Waals surface area contributed by atoms with E-state index in [4.69, 9.17) is 14.2 Å². The Bertz CT molecular complexity index is 801. The summed E-state index contributed by atoms with van der Waals surface area (Å²) in [6, 6.07) is 0. The van der Waals surface area contributed by atoms with Gasteiger partial charge in [0, 0.05) is 5.57 Å².